The molecular formula is C24H30O7. The van der Waals surface area contributed by atoms with Gasteiger partial charge in [-0.3, -0.25) is 0 Å². The van der Waals surface area contributed by atoms with E-state index in [4.69, 9.17) is 33.2 Å². The van der Waals surface area contributed by atoms with Crippen molar-refractivity contribution in [3.63, 3.8) is 0 Å². The van der Waals surface area contributed by atoms with Gasteiger partial charge in [0.05, 0.1) is 55.9 Å². The lowest BCUT2D eigenvalue weighted by atomic mass is 9.67. The molecule has 0 unspecified atom stereocenters. The van der Waals surface area contributed by atoms with Crippen LogP contribution in [0.2, 0.25) is 0 Å². The molecule has 31 heavy (non-hydrogen) atoms. The molecule has 2 aromatic rings. The average Bonchev–Trinajstić information content (AvgIpc) is 3.28. The summed E-state index contributed by atoms with van der Waals surface area (Å²) in [6, 6.07) is 6.11. The van der Waals surface area contributed by atoms with Gasteiger partial charge in [-0.25, -0.2) is 0 Å². The first kappa shape index (κ1) is 21.4. The zero-order valence-corrected chi connectivity index (χ0v) is 18.9. The Balaban J connectivity index is 1.99. The highest BCUT2D eigenvalue weighted by atomic mass is 16.5. The highest BCUT2D eigenvalue weighted by Crippen LogP contribution is 2.55. The molecule has 1 aliphatic carbocycles. The highest BCUT2D eigenvalue weighted by Gasteiger charge is 2.44. The molecule has 0 bridgehead atoms. The number of hydrogen-bond donors (Lipinski definition) is 0. The second-order valence-corrected chi connectivity index (χ2v) is 7.82. The molecule has 0 aromatic heterocycles. The third-order valence-electron chi connectivity index (χ3n) is 6.47. The van der Waals surface area contributed by atoms with Gasteiger partial charge in [0.25, 0.3) is 0 Å². The molecule has 2 aromatic carbocycles. The molecule has 1 saturated heterocycles. The third-order valence-corrected chi connectivity index (χ3v) is 6.47. The number of ether oxygens (including phenoxy) is 7. The number of hydrogen-bond acceptors (Lipinski definition) is 7. The Labute approximate surface area is 183 Å². The van der Waals surface area contributed by atoms with Crippen molar-refractivity contribution in [3.05, 3.63) is 34.9 Å². The summed E-state index contributed by atoms with van der Waals surface area (Å²) < 4.78 is 39.9. The van der Waals surface area contributed by atoms with E-state index < -0.39 is 0 Å². The Kier molecular flexibility index (Phi) is 6.05. The quantitative estimate of drug-likeness (QED) is 0.664. The molecule has 1 heterocycles. The van der Waals surface area contributed by atoms with Gasteiger partial charge in [0.2, 0.25) is 11.5 Å². The average molecular weight is 430 g/mol. The van der Waals surface area contributed by atoms with E-state index >= 15 is 0 Å². The van der Waals surface area contributed by atoms with E-state index in [9.17, 15) is 0 Å². The van der Waals surface area contributed by atoms with Crippen molar-refractivity contribution in [2.45, 2.75) is 12.3 Å². The summed E-state index contributed by atoms with van der Waals surface area (Å²) in [4.78, 5) is 0. The monoisotopic (exact) mass is 430 g/mol. The summed E-state index contributed by atoms with van der Waals surface area (Å²) in [5.74, 6) is 4.49. The van der Waals surface area contributed by atoms with Crippen LogP contribution in [0.4, 0.5) is 0 Å². The van der Waals surface area contributed by atoms with Crippen molar-refractivity contribution < 1.29 is 33.2 Å². The number of rotatable bonds is 7. The first-order valence-electron chi connectivity index (χ1n) is 10.3. The Morgan fingerprint density at radius 2 is 1.26 bits per heavy atom. The van der Waals surface area contributed by atoms with Crippen LogP contribution in [-0.4, -0.2) is 55.9 Å². The Morgan fingerprint density at radius 1 is 0.677 bits per heavy atom. The summed E-state index contributed by atoms with van der Waals surface area (Å²) in [6.45, 7) is 1.42. The molecule has 1 fully saturated rings. The summed E-state index contributed by atoms with van der Waals surface area (Å²) in [5, 5.41) is 0. The van der Waals surface area contributed by atoms with Gasteiger partial charge >= 0.3 is 0 Å². The van der Waals surface area contributed by atoms with Crippen LogP contribution in [0.3, 0.4) is 0 Å². The largest absolute Gasteiger partial charge is 0.493 e. The fourth-order valence-corrected chi connectivity index (χ4v) is 5.12. The molecule has 0 amide bonds. The highest BCUT2D eigenvalue weighted by molar-refractivity contribution is 5.64. The van der Waals surface area contributed by atoms with Crippen molar-refractivity contribution in [3.8, 4) is 34.5 Å². The van der Waals surface area contributed by atoms with Crippen LogP contribution in [0.5, 0.6) is 34.5 Å². The molecule has 7 nitrogen and oxygen atoms in total. The lowest BCUT2D eigenvalue weighted by Crippen LogP contribution is -2.30. The fourth-order valence-electron chi connectivity index (χ4n) is 5.12. The van der Waals surface area contributed by atoms with Crippen LogP contribution in [0, 0.1) is 11.8 Å². The second kappa shape index (κ2) is 8.75. The smallest absolute Gasteiger partial charge is 0.203 e. The standard InChI is InChI=1S/C24H30O7/c1-25-17-9-14(10-18(26-2)22(17)28-4)20-16-12-31-11-15(16)7-13-8-19(27-3)23(29-5)24(30-6)21(13)20/h8-10,15-16,20H,7,11-12H2,1-6H3/t15-,16-,20+/m1/s1. The van der Waals surface area contributed by atoms with Crippen molar-refractivity contribution in [2.75, 3.05) is 55.9 Å². The topological polar surface area (TPSA) is 64.6 Å². The van der Waals surface area contributed by atoms with Crippen LogP contribution in [-0.2, 0) is 11.2 Å². The van der Waals surface area contributed by atoms with Gasteiger partial charge in [-0.2, -0.15) is 0 Å². The van der Waals surface area contributed by atoms with Gasteiger partial charge in [-0.15, -0.1) is 0 Å². The Hall–Kier alpha value is -2.80. The van der Waals surface area contributed by atoms with Gasteiger partial charge in [0, 0.05) is 11.5 Å². The van der Waals surface area contributed by atoms with E-state index in [-0.39, 0.29) is 5.92 Å². The molecule has 0 spiro atoms. The normalized spacial score (nSPS) is 21.7. The SMILES string of the molecule is COc1cc([C@@H]2c3c(cc(OC)c(OC)c3OC)C[C@@H]3COC[C@H]32)cc(OC)c1OC. The van der Waals surface area contributed by atoms with E-state index in [1.807, 2.05) is 12.1 Å². The zero-order chi connectivity index (χ0) is 22.1. The van der Waals surface area contributed by atoms with Gasteiger partial charge in [0.15, 0.2) is 23.0 Å². The summed E-state index contributed by atoms with van der Waals surface area (Å²) in [6.07, 6.45) is 0.900. The minimum atomic E-state index is 0.0136. The van der Waals surface area contributed by atoms with Crippen molar-refractivity contribution in [2.24, 2.45) is 11.8 Å². The van der Waals surface area contributed by atoms with E-state index in [0.29, 0.717) is 52.9 Å². The minimum absolute atomic E-state index is 0.0136. The Bertz CT molecular complexity index is 930. The van der Waals surface area contributed by atoms with Gasteiger partial charge in [-0.05, 0) is 47.6 Å². The molecular weight excluding hydrogens is 400 g/mol. The van der Waals surface area contributed by atoms with Crippen LogP contribution in [0.25, 0.3) is 0 Å². The molecule has 1 aliphatic heterocycles. The molecule has 0 N–H and O–H groups in total. The molecule has 0 saturated carbocycles. The predicted molar refractivity (Wildman–Crippen MR) is 116 cm³/mol. The fraction of sp³-hybridized carbons (Fsp3) is 0.500. The van der Waals surface area contributed by atoms with E-state index in [1.54, 1.807) is 42.7 Å². The molecule has 7 heteroatoms. The first-order valence-corrected chi connectivity index (χ1v) is 10.3. The molecule has 2 aliphatic rings. The second-order valence-electron chi connectivity index (χ2n) is 7.82. The van der Waals surface area contributed by atoms with Crippen LogP contribution >= 0.6 is 0 Å². The Morgan fingerprint density at radius 3 is 1.81 bits per heavy atom. The third kappa shape index (κ3) is 3.41. The minimum Gasteiger partial charge on any atom is -0.493 e. The maximum atomic E-state index is 5.93. The van der Waals surface area contributed by atoms with Gasteiger partial charge < -0.3 is 33.2 Å². The van der Waals surface area contributed by atoms with Crippen molar-refractivity contribution in [1.82, 2.24) is 0 Å². The van der Waals surface area contributed by atoms with E-state index in [1.165, 1.54) is 5.56 Å². The van der Waals surface area contributed by atoms with Gasteiger partial charge in [0.1, 0.15) is 0 Å². The van der Waals surface area contributed by atoms with E-state index in [0.717, 1.165) is 24.2 Å². The molecule has 168 valence electrons. The maximum absolute atomic E-state index is 5.93. The molecule has 4 rings (SSSR count). The maximum Gasteiger partial charge on any atom is 0.203 e. The summed E-state index contributed by atoms with van der Waals surface area (Å²) in [7, 11) is 9.81. The van der Waals surface area contributed by atoms with Crippen LogP contribution in [0.1, 0.15) is 22.6 Å². The summed E-state index contributed by atoms with van der Waals surface area (Å²) in [5.41, 5.74) is 3.34. The van der Waals surface area contributed by atoms with E-state index in [2.05, 4.69) is 6.07 Å². The number of fused-ring (bicyclic) bond motifs is 2. The first-order chi connectivity index (χ1) is 15.1. The van der Waals surface area contributed by atoms with Crippen molar-refractivity contribution in [1.29, 1.82) is 0 Å². The van der Waals surface area contributed by atoms with Gasteiger partial charge in [-0.1, -0.05) is 0 Å². The lowest BCUT2D eigenvalue weighted by molar-refractivity contribution is 0.179. The molecule has 3 atom stereocenters. The molecule has 0 radical (unpaired) electrons. The summed E-state index contributed by atoms with van der Waals surface area (Å²) >= 11 is 0. The zero-order valence-electron chi connectivity index (χ0n) is 18.9. The van der Waals surface area contributed by atoms with Crippen LogP contribution in [0.15, 0.2) is 18.2 Å². The van der Waals surface area contributed by atoms with Crippen molar-refractivity contribution >= 4 is 0 Å². The number of methoxy groups -OCH3 is 6. The van der Waals surface area contributed by atoms with Crippen LogP contribution < -0.4 is 28.4 Å². The number of benzene rings is 2. The predicted octanol–water partition coefficient (Wildman–Crippen LogP) is 3.69. The lowest BCUT2D eigenvalue weighted by Gasteiger charge is -2.37.